The molecule has 0 bridgehead atoms. The largest absolute Gasteiger partial charge is 0.504 e. The second kappa shape index (κ2) is 5.47. The third kappa shape index (κ3) is 2.36. The van der Waals surface area contributed by atoms with Crippen molar-refractivity contribution in [1.82, 2.24) is 20.1 Å². The Kier molecular flexibility index (Phi) is 3.64. The minimum atomic E-state index is -0.273. The summed E-state index contributed by atoms with van der Waals surface area (Å²) in [6.07, 6.45) is 3.33. The van der Waals surface area contributed by atoms with E-state index in [1.54, 1.807) is 18.1 Å². The van der Waals surface area contributed by atoms with Crippen LogP contribution in [0.25, 0.3) is 0 Å². The van der Waals surface area contributed by atoms with Gasteiger partial charge in [0.25, 0.3) is 5.91 Å². The van der Waals surface area contributed by atoms with E-state index in [0.717, 1.165) is 18.5 Å². The second-order valence-corrected chi connectivity index (χ2v) is 5.95. The van der Waals surface area contributed by atoms with Crippen LogP contribution in [0.4, 0.5) is 0 Å². The first-order valence-corrected chi connectivity index (χ1v) is 7.49. The predicted molar refractivity (Wildman–Crippen MR) is 78.6 cm³/mol. The summed E-state index contributed by atoms with van der Waals surface area (Å²) >= 11 is 0. The first-order chi connectivity index (χ1) is 10.5. The average molecular weight is 304 g/mol. The van der Waals surface area contributed by atoms with E-state index in [0.29, 0.717) is 18.1 Å². The molecule has 0 aromatic carbocycles. The van der Waals surface area contributed by atoms with Crippen LogP contribution in [-0.4, -0.2) is 37.6 Å². The van der Waals surface area contributed by atoms with Crippen molar-refractivity contribution in [3.05, 3.63) is 29.2 Å². The Labute approximate surface area is 128 Å². The molecule has 7 nitrogen and oxygen atoms in total. The molecule has 22 heavy (non-hydrogen) atoms. The smallest absolute Gasteiger partial charge is 0.276 e. The Morgan fingerprint density at radius 2 is 2.32 bits per heavy atom. The van der Waals surface area contributed by atoms with Crippen LogP contribution in [0.5, 0.6) is 5.75 Å². The van der Waals surface area contributed by atoms with E-state index in [4.69, 9.17) is 4.42 Å². The van der Waals surface area contributed by atoms with E-state index in [1.165, 1.54) is 0 Å². The lowest BCUT2D eigenvalue weighted by Crippen LogP contribution is -2.31. The lowest BCUT2D eigenvalue weighted by Gasteiger charge is -2.21. The molecule has 118 valence electrons. The maximum Gasteiger partial charge on any atom is 0.276 e. The fourth-order valence-corrected chi connectivity index (χ4v) is 2.70. The number of H-pyrrole nitrogens is 1. The lowest BCUT2D eigenvalue weighted by molar-refractivity contribution is 0.0706. The highest BCUT2D eigenvalue weighted by molar-refractivity contribution is 5.95. The number of aryl methyl sites for hydroxylation is 1. The zero-order valence-electron chi connectivity index (χ0n) is 13.0. The van der Waals surface area contributed by atoms with Gasteiger partial charge in [0.15, 0.2) is 11.4 Å². The number of carbonyl (C=O) groups excluding carboxylic acids is 1. The molecule has 0 spiro atoms. The zero-order chi connectivity index (χ0) is 15.9. The molecule has 1 fully saturated rings. The summed E-state index contributed by atoms with van der Waals surface area (Å²) in [4.78, 5) is 18.8. The molecule has 7 heteroatoms. The van der Waals surface area contributed by atoms with Crippen molar-refractivity contribution in [2.45, 2.75) is 45.6 Å². The lowest BCUT2D eigenvalue weighted by atomic mass is 10.1. The van der Waals surface area contributed by atoms with Gasteiger partial charge in [-0.1, -0.05) is 13.8 Å². The molecule has 1 aliphatic heterocycles. The number of oxazole rings is 1. The molecular weight excluding hydrogens is 284 g/mol. The monoisotopic (exact) mass is 304 g/mol. The zero-order valence-corrected chi connectivity index (χ0v) is 13.0. The summed E-state index contributed by atoms with van der Waals surface area (Å²) in [7, 11) is 0. The van der Waals surface area contributed by atoms with Crippen LogP contribution in [0, 0.1) is 6.92 Å². The number of aromatic nitrogens is 3. The summed E-state index contributed by atoms with van der Waals surface area (Å²) in [6, 6.07) is -0.192. The van der Waals surface area contributed by atoms with E-state index in [2.05, 4.69) is 15.2 Å². The fraction of sp³-hybridized carbons (Fsp3) is 0.533. The topological polar surface area (TPSA) is 95.3 Å². The Hall–Kier alpha value is -2.31. The number of aromatic amines is 1. The van der Waals surface area contributed by atoms with Crippen molar-refractivity contribution in [2.24, 2.45) is 0 Å². The van der Waals surface area contributed by atoms with Gasteiger partial charge in [0.2, 0.25) is 5.89 Å². The molecule has 0 aliphatic carbocycles. The molecule has 1 amide bonds. The average Bonchev–Trinajstić information content (AvgIpc) is 3.19. The number of carbonyl (C=O) groups is 1. The highest BCUT2D eigenvalue weighted by atomic mass is 16.3. The normalized spacial score (nSPS) is 18.4. The van der Waals surface area contributed by atoms with Gasteiger partial charge in [-0.2, -0.15) is 5.10 Å². The van der Waals surface area contributed by atoms with Gasteiger partial charge in [-0.05, 0) is 25.7 Å². The number of hydrogen-bond acceptors (Lipinski definition) is 5. The van der Waals surface area contributed by atoms with Gasteiger partial charge in [0.1, 0.15) is 18.0 Å². The fourth-order valence-electron chi connectivity index (χ4n) is 2.70. The minimum absolute atomic E-state index is 0.0917. The number of nitrogens with zero attached hydrogens (tertiary/aromatic N) is 3. The molecule has 2 aromatic rings. The summed E-state index contributed by atoms with van der Waals surface area (Å²) in [5.74, 6) is 0.475. The van der Waals surface area contributed by atoms with Gasteiger partial charge in [-0.25, -0.2) is 4.98 Å². The van der Waals surface area contributed by atoms with Crippen LogP contribution < -0.4 is 0 Å². The van der Waals surface area contributed by atoms with Crippen molar-refractivity contribution in [3.63, 3.8) is 0 Å². The van der Waals surface area contributed by atoms with Gasteiger partial charge in [0, 0.05) is 6.54 Å². The number of aromatic hydroxyl groups is 1. The third-order valence-corrected chi connectivity index (χ3v) is 4.06. The second-order valence-electron chi connectivity index (χ2n) is 5.95. The van der Waals surface area contributed by atoms with Gasteiger partial charge in [-0.15, -0.1) is 0 Å². The number of amides is 1. The van der Waals surface area contributed by atoms with E-state index in [-0.39, 0.29) is 29.3 Å². The van der Waals surface area contributed by atoms with Gasteiger partial charge < -0.3 is 14.4 Å². The molecule has 1 saturated heterocycles. The highest BCUT2D eigenvalue weighted by Gasteiger charge is 2.35. The summed E-state index contributed by atoms with van der Waals surface area (Å²) in [6.45, 7) is 6.35. The minimum Gasteiger partial charge on any atom is -0.504 e. The molecule has 2 N–H and O–H groups in total. The third-order valence-electron chi connectivity index (χ3n) is 4.06. The molecule has 3 heterocycles. The molecule has 0 radical (unpaired) electrons. The van der Waals surface area contributed by atoms with E-state index >= 15 is 0 Å². The number of hydrogen-bond donors (Lipinski definition) is 2. The van der Waals surface area contributed by atoms with Crippen molar-refractivity contribution in [2.75, 3.05) is 6.54 Å². The quantitative estimate of drug-likeness (QED) is 0.908. The molecule has 2 aromatic heterocycles. The predicted octanol–water partition coefficient (Wildman–Crippen LogP) is 2.51. The summed E-state index contributed by atoms with van der Waals surface area (Å²) < 4.78 is 5.57. The van der Waals surface area contributed by atoms with Crippen LogP contribution in [0.15, 0.2) is 10.7 Å². The molecule has 3 rings (SSSR count). The Morgan fingerprint density at radius 1 is 1.55 bits per heavy atom. The summed E-state index contributed by atoms with van der Waals surface area (Å²) in [5, 5.41) is 16.4. The molecule has 0 saturated carbocycles. The van der Waals surface area contributed by atoms with Crippen LogP contribution in [-0.2, 0) is 0 Å². The van der Waals surface area contributed by atoms with E-state index in [9.17, 15) is 9.90 Å². The van der Waals surface area contributed by atoms with Crippen LogP contribution in [0.2, 0.25) is 0 Å². The molecule has 1 aliphatic rings. The molecule has 0 unspecified atom stereocenters. The maximum atomic E-state index is 12.6. The number of nitrogens with one attached hydrogen (secondary N) is 1. The van der Waals surface area contributed by atoms with Crippen molar-refractivity contribution < 1.29 is 14.3 Å². The Balaban J connectivity index is 1.86. The standard InChI is InChI=1S/C15H20N4O3/c1-8(2)10-7-22-14(16-10)11-5-4-6-19(11)15(21)12-13(20)9(3)17-18-12/h7-8,11,20H,4-6H2,1-3H3,(H,17,18)/t11-/m0/s1. The molecular formula is C15H20N4O3. The van der Waals surface area contributed by atoms with Gasteiger partial charge in [-0.3, -0.25) is 9.89 Å². The highest BCUT2D eigenvalue weighted by Crippen LogP contribution is 2.34. The van der Waals surface area contributed by atoms with E-state index in [1.807, 2.05) is 13.8 Å². The SMILES string of the molecule is Cc1n[nH]c(C(=O)N2CCC[C@H]2c2nc(C(C)C)co2)c1O. The number of rotatable bonds is 3. The number of likely N-dealkylation sites (tertiary alicyclic amines) is 1. The Morgan fingerprint density at radius 3 is 2.91 bits per heavy atom. The van der Waals surface area contributed by atoms with Crippen molar-refractivity contribution in [3.8, 4) is 5.75 Å². The molecule has 1 atom stereocenters. The Bertz CT molecular complexity index is 689. The first kappa shape index (κ1) is 14.6. The van der Waals surface area contributed by atoms with E-state index < -0.39 is 0 Å². The van der Waals surface area contributed by atoms with Crippen LogP contribution in [0.3, 0.4) is 0 Å². The van der Waals surface area contributed by atoms with Crippen molar-refractivity contribution >= 4 is 5.91 Å². The van der Waals surface area contributed by atoms with Crippen LogP contribution >= 0.6 is 0 Å². The summed E-state index contributed by atoms with van der Waals surface area (Å²) in [5.41, 5.74) is 1.42. The van der Waals surface area contributed by atoms with Gasteiger partial charge in [0.05, 0.1) is 5.69 Å². The van der Waals surface area contributed by atoms with Crippen LogP contribution in [0.1, 0.15) is 66.4 Å². The maximum absolute atomic E-state index is 12.6. The van der Waals surface area contributed by atoms with Crippen molar-refractivity contribution in [1.29, 1.82) is 0 Å². The van der Waals surface area contributed by atoms with Gasteiger partial charge >= 0.3 is 0 Å². The first-order valence-electron chi connectivity index (χ1n) is 7.49.